The van der Waals surface area contributed by atoms with Crippen LogP contribution in [0, 0.1) is 5.92 Å². The maximum Gasteiger partial charge on any atom is -0.00467 e. The van der Waals surface area contributed by atoms with E-state index in [1.54, 1.807) is 5.56 Å². The minimum absolute atomic E-state index is 0.560. The first-order chi connectivity index (χ1) is 8.20. The van der Waals surface area contributed by atoms with E-state index >= 15 is 0 Å². The molecule has 0 aliphatic heterocycles. The lowest BCUT2D eigenvalue weighted by atomic mass is 9.58. The van der Waals surface area contributed by atoms with Crippen LogP contribution in [-0.2, 0) is 5.41 Å². The van der Waals surface area contributed by atoms with Crippen LogP contribution in [0.4, 0.5) is 0 Å². The fraction of sp³-hybridized carbons (Fsp3) is 0.647. The first-order valence-corrected chi connectivity index (χ1v) is 7.30. The molecule has 3 aliphatic carbocycles. The highest BCUT2D eigenvalue weighted by atomic mass is 14.5. The minimum atomic E-state index is 0.560. The third-order valence-electron chi connectivity index (χ3n) is 5.28. The fourth-order valence-corrected chi connectivity index (χ4v) is 3.90. The Kier molecular flexibility index (Phi) is 2.77. The van der Waals surface area contributed by atoms with Crippen molar-refractivity contribution in [2.24, 2.45) is 5.92 Å². The van der Waals surface area contributed by atoms with Gasteiger partial charge in [-0.1, -0.05) is 38.1 Å². The molecule has 2 bridgehead atoms. The molecular formula is C17H24. The van der Waals surface area contributed by atoms with E-state index < -0.39 is 0 Å². The van der Waals surface area contributed by atoms with Crippen molar-refractivity contribution in [3.05, 3.63) is 35.4 Å². The molecule has 0 saturated heterocycles. The predicted molar refractivity (Wildman–Crippen MR) is 73.4 cm³/mol. The van der Waals surface area contributed by atoms with Crippen LogP contribution in [0.2, 0.25) is 0 Å². The maximum absolute atomic E-state index is 2.42. The Morgan fingerprint density at radius 3 is 1.94 bits per heavy atom. The van der Waals surface area contributed by atoms with Gasteiger partial charge in [-0.15, -0.1) is 0 Å². The summed E-state index contributed by atoms with van der Waals surface area (Å²) in [5, 5.41) is 0. The number of hydrogen-bond acceptors (Lipinski definition) is 0. The molecule has 0 heterocycles. The van der Waals surface area contributed by atoms with Gasteiger partial charge in [-0.2, -0.15) is 0 Å². The Labute approximate surface area is 105 Å². The van der Waals surface area contributed by atoms with E-state index in [1.165, 1.54) is 44.1 Å². The molecule has 1 aromatic carbocycles. The molecule has 92 valence electrons. The first-order valence-electron chi connectivity index (χ1n) is 7.30. The Bertz CT molecular complexity index is 363. The van der Waals surface area contributed by atoms with Crippen molar-refractivity contribution in [2.75, 3.05) is 0 Å². The highest BCUT2D eigenvalue weighted by Crippen LogP contribution is 2.51. The van der Waals surface area contributed by atoms with Crippen LogP contribution in [0.3, 0.4) is 0 Å². The minimum Gasteiger partial charge on any atom is -0.0587 e. The molecule has 0 aromatic heterocycles. The van der Waals surface area contributed by atoms with Crippen LogP contribution in [0.25, 0.3) is 0 Å². The van der Waals surface area contributed by atoms with Crippen LogP contribution in [0.5, 0.6) is 0 Å². The van der Waals surface area contributed by atoms with E-state index in [0.717, 1.165) is 5.92 Å². The van der Waals surface area contributed by atoms with Gasteiger partial charge in [0.15, 0.2) is 0 Å². The smallest absolute Gasteiger partial charge is 0.00467 e. The van der Waals surface area contributed by atoms with Gasteiger partial charge in [0.2, 0.25) is 0 Å². The number of rotatable bonds is 2. The van der Waals surface area contributed by atoms with Gasteiger partial charge in [0, 0.05) is 0 Å². The molecule has 0 N–H and O–H groups in total. The van der Waals surface area contributed by atoms with Crippen molar-refractivity contribution >= 4 is 0 Å². The zero-order valence-corrected chi connectivity index (χ0v) is 11.2. The van der Waals surface area contributed by atoms with Crippen molar-refractivity contribution in [3.8, 4) is 0 Å². The molecule has 4 rings (SSSR count). The zero-order valence-electron chi connectivity index (χ0n) is 11.2. The lowest BCUT2D eigenvalue weighted by Crippen LogP contribution is -2.37. The maximum atomic E-state index is 2.42. The average Bonchev–Trinajstić information content (AvgIpc) is 2.41. The third kappa shape index (κ3) is 1.92. The summed E-state index contributed by atoms with van der Waals surface area (Å²) in [4.78, 5) is 0. The monoisotopic (exact) mass is 228 g/mol. The molecule has 0 amide bonds. The Hall–Kier alpha value is -0.780. The molecule has 0 atom stereocenters. The number of hydrogen-bond donors (Lipinski definition) is 0. The summed E-state index contributed by atoms with van der Waals surface area (Å²) in [6, 6.07) is 9.55. The molecule has 0 radical (unpaired) electrons. The van der Waals surface area contributed by atoms with Crippen LogP contribution in [0.1, 0.15) is 69.4 Å². The van der Waals surface area contributed by atoms with Gasteiger partial charge < -0.3 is 0 Å². The lowest BCUT2D eigenvalue weighted by molar-refractivity contribution is 0.136. The zero-order chi connectivity index (χ0) is 11.9. The summed E-state index contributed by atoms with van der Waals surface area (Å²) >= 11 is 0. The Balaban J connectivity index is 1.88. The van der Waals surface area contributed by atoms with E-state index in [-0.39, 0.29) is 0 Å². The summed E-state index contributed by atoms with van der Waals surface area (Å²) < 4.78 is 0. The van der Waals surface area contributed by atoms with E-state index in [9.17, 15) is 0 Å². The van der Waals surface area contributed by atoms with Gasteiger partial charge in [-0.3, -0.25) is 0 Å². The second-order valence-corrected chi connectivity index (χ2v) is 6.54. The first kappa shape index (κ1) is 11.3. The predicted octanol–water partition coefficient (Wildman–Crippen LogP) is 5.03. The Morgan fingerprint density at radius 1 is 0.941 bits per heavy atom. The number of fused-ring (bicyclic) bond motifs is 3. The van der Waals surface area contributed by atoms with Crippen molar-refractivity contribution < 1.29 is 0 Å². The summed E-state index contributed by atoms with van der Waals surface area (Å²) in [6.07, 6.45) is 8.76. The molecule has 0 unspecified atom stereocenters. The highest BCUT2D eigenvalue weighted by Gasteiger charge is 2.41. The topological polar surface area (TPSA) is 0 Å². The average molecular weight is 228 g/mol. The SMILES string of the molecule is CC(C)c1ccc(C23CCC(CC2)CC3)cc1. The molecule has 17 heavy (non-hydrogen) atoms. The summed E-state index contributed by atoms with van der Waals surface area (Å²) in [7, 11) is 0. The van der Waals surface area contributed by atoms with Crippen molar-refractivity contribution in [2.45, 2.75) is 63.7 Å². The van der Waals surface area contributed by atoms with E-state index in [1.807, 2.05) is 0 Å². The third-order valence-corrected chi connectivity index (χ3v) is 5.28. The van der Waals surface area contributed by atoms with Crippen LogP contribution < -0.4 is 0 Å². The molecule has 0 spiro atoms. The standard InChI is InChI=1S/C17H24/c1-13(2)15-3-5-16(6-4-15)17-10-7-14(8-11-17)9-12-17/h3-6,13-14H,7-12H2,1-2H3. The van der Waals surface area contributed by atoms with Crippen LogP contribution in [0.15, 0.2) is 24.3 Å². The van der Waals surface area contributed by atoms with Crippen LogP contribution >= 0.6 is 0 Å². The summed E-state index contributed by atoms with van der Waals surface area (Å²) in [5.74, 6) is 1.72. The van der Waals surface area contributed by atoms with Gasteiger partial charge in [-0.25, -0.2) is 0 Å². The summed E-state index contributed by atoms with van der Waals surface area (Å²) in [6.45, 7) is 4.55. The largest absolute Gasteiger partial charge is 0.0587 e. The second-order valence-electron chi connectivity index (χ2n) is 6.54. The van der Waals surface area contributed by atoms with Crippen molar-refractivity contribution in [1.82, 2.24) is 0 Å². The fourth-order valence-electron chi connectivity index (χ4n) is 3.90. The molecule has 3 saturated carbocycles. The van der Waals surface area contributed by atoms with Gasteiger partial charge in [0.25, 0.3) is 0 Å². The molecule has 1 aromatic rings. The van der Waals surface area contributed by atoms with Crippen molar-refractivity contribution in [3.63, 3.8) is 0 Å². The van der Waals surface area contributed by atoms with Crippen molar-refractivity contribution in [1.29, 1.82) is 0 Å². The Morgan fingerprint density at radius 2 is 1.47 bits per heavy atom. The number of benzene rings is 1. The lowest BCUT2D eigenvalue weighted by Gasteiger charge is -2.47. The molecular weight excluding hydrogens is 204 g/mol. The van der Waals surface area contributed by atoms with Gasteiger partial charge in [0.05, 0.1) is 0 Å². The quantitative estimate of drug-likeness (QED) is 0.666. The summed E-state index contributed by atoms with van der Waals surface area (Å²) in [5.41, 5.74) is 3.67. The highest BCUT2D eigenvalue weighted by molar-refractivity contribution is 5.32. The van der Waals surface area contributed by atoms with E-state index in [0.29, 0.717) is 11.3 Å². The second kappa shape index (κ2) is 4.15. The van der Waals surface area contributed by atoms with E-state index in [2.05, 4.69) is 38.1 Å². The van der Waals surface area contributed by atoms with Gasteiger partial charge >= 0.3 is 0 Å². The van der Waals surface area contributed by atoms with Gasteiger partial charge in [-0.05, 0) is 66.9 Å². The molecule has 3 fully saturated rings. The normalized spacial score (nSPS) is 32.1. The van der Waals surface area contributed by atoms with Gasteiger partial charge in [0.1, 0.15) is 0 Å². The van der Waals surface area contributed by atoms with Crippen LogP contribution in [-0.4, -0.2) is 0 Å². The molecule has 0 heteroatoms. The van der Waals surface area contributed by atoms with E-state index in [4.69, 9.17) is 0 Å². The molecule has 0 nitrogen and oxygen atoms in total. The molecule has 3 aliphatic rings.